The van der Waals surface area contributed by atoms with Gasteiger partial charge in [0.15, 0.2) is 0 Å². The number of aliphatic hydroxyl groups is 2. The zero-order chi connectivity index (χ0) is 24.6. The molecule has 8 atom stereocenters. The molecule has 6 unspecified atom stereocenters. The summed E-state index contributed by atoms with van der Waals surface area (Å²) in [5, 5.41) is 29.7. The number of fused-ring (bicyclic) bond motifs is 6. The third-order valence-corrected chi connectivity index (χ3v) is 10.4. The van der Waals surface area contributed by atoms with Gasteiger partial charge in [0.1, 0.15) is 0 Å². The number of rotatable bonds is 5. The number of amides is 2. The highest BCUT2D eigenvalue weighted by atomic mass is 16.3. The van der Waals surface area contributed by atoms with Crippen LogP contribution in [0.15, 0.2) is 24.3 Å². The second-order valence-corrected chi connectivity index (χ2v) is 12.1. The molecule has 3 N–H and O–H groups in total. The minimum absolute atomic E-state index is 0.0962. The Bertz CT molecular complexity index is 1140. The van der Waals surface area contributed by atoms with Gasteiger partial charge >= 0.3 is 0 Å². The highest BCUT2D eigenvalue weighted by Gasteiger charge is 2.67. The average molecular weight is 493 g/mol. The molecule has 36 heavy (non-hydrogen) atoms. The van der Waals surface area contributed by atoms with E-state index in [2.05, 4.69) is 33.3 Å². The Morgan fingerprint density at radius 3 is 2.22 bits per heavy atom. The first-order valence-electron chi connectivity index (χ1n) is 13.9. The number of para-hydroxylation sites is 1. The minimum Gasteiger partial charge on any atom is -0.390 e. The number of piperidine rings is 1. The van der Waals surface area contributed by atoms with E-state index in [9.17, 15) is 19.8 Å². The van der Waals surface area contributed by atoms with Crippen LogP contribution >= 0.6 is 0 Å². The number of carbonyl (C=O) groups excluding carboxylic acids is 2. The van der Waals surface area contributed by atoms with Crippen LogP contribution in [0.1, 0.15) is 50.1 Å². The third-order valence-electron chi connectivity index (χ3n) is 10.4. The largest absolute Gasteiger partial charge is 0.390 e. The number of H-pyrrole nitrogens is 1. The van der Waals surface area contributed by atoms with Crippen LogP contribution in [-0.4, -0.2) is 80.4 Å². The molecule has 2 bridgehead atoms. The molecule has 8 heteroatoms. The quantitative estimate of drug-likeness (QED) is 0.552. The van der Waals surface area contributed by atoms with Crippen LogP contribution in [0.4, 0.5) is 0 Å². The Morgan fingerprint density at radius 2 is 1.53 bits per heavy atom. The van der Waals surface area contributed by atoms with Crippen molar-refractivity contribution >= 4 is 22.7 Å². The summed E-state index contributed by atoms with van der Waals surface area (Å²) in [6.45, 7) is 3.65. The van der Waals surface area contributed by atoms with Gasteiger partial charge in [0.2, 0.25) is 11.8 Å². The van der Waals surface area contributed by atoms with Crippen LogP contribution in [0.5, 0.6) is 0 Å². The van der Waals surface area contributed by atoms with E-state index in [1.54, 1.807) is 0 Å². The number of aromatic nitrogens is 2. The molecule has 2 amide bonds. The Balaban J connectivity index is 0.976. The number of hydrogen-bond donors (Lipinski definition) is 3. The van der Waals surface area contributed by atoms with Crippen molar-refractivity contribution in [1.29, 1.82) is 0 Å². The van der Waals surface area contributed by atoms with Gasteiger partial charge in [0.25, 0.3) is 0 Å². The first-order chi connectivity index (χ1) is 17.5. The fourth-order valence-electron chi connectivity index (χ4n) is 8.52. The molecule has 0 radical (unpaired) electrons. The van der Waals surface area contributed by atoms with Crippen molar-refractivity contribution in [3.63, 3.8) is 0 Å². The molecule has 7 rings (SSSR count). The van der Waals surface area contributed by atoms with Crippen molar-refractivity contribution in [3.05, 3.63) is 30.0 Å². The van der Waals surface area contributed by atoms with Gasteiger partial charge in [-0.15, -0.1) is 0 Å². The summed E-state index contributed by atoms with van der Waals surface area (Å²) in [6.07, 6.45) is 4.43. The van der Waals surface area contributed by atoms with Crippen LogP contribution in [0.3, 0.4) is 0 Å². The second-order valence-electron chi connectivity index (χ2n) is 12.1. The van der Waals surface area contributed by atoms with Crippen LogP contribution in [0.25, 0.3) is 10.9 Å². The summed E-state index contributed by atoms with van der Waals surface area (Å²) < 4.78 is 0. The zero-order valence-corrected chi connectivity index (χ0v) is 20.6. The molecule has 5 aliphatic rings. The molecule has 3 aliphatic carbocycles. The molecular formula is C28H36N4O4. The fraction of sp³-hybridized carbons (Fsp3) is 0.679. The zero-order valence-electron chi connectivity index (χ0n) is 20.6. The number of imide groups is 1. The standard InChI is InChI=1S/C28H36N4O4/c33-25-19-12-20(26(25)34)23-22(19)27(35)32(28(23)36)14-17-5-3-4-16(17)13-31-10-8-15(9-11-31)24-18-6-1-2-7-21(18)29-30-24/h1-2,6-7,15-17,19-20,22-23,25-26,33-34H,3-5,8-14H2,(H,29,30)/t16-,17-,19?,20?,22?,23?,25?,26?/m1/s1. The molecule has 0 spiro atoms. The normalized spacial score (nSPS) is 39.1. The second kappa shape index (κ2) is 8.64. The van der Waals surface area contributed by atoms with Crippen LogP contribution in [-0.2, 0) is 9.59 Å². The Hall–Kier alpha value is -2.29. The van der Waals surface area contributed by atoms with E-state index < -0.39 is 24.0 Å². The van der Waals surface area contributed by atoms with Gasteiger partial charge in [-0.05, 0) is 63.1 Å². The maximum Gasteiger partial charge on any atom is 0.233 e. The number of likely N-dealkylation sites (tertiary alicyclic amines) is 2. The molecule has 2 aromatic rings. The number of aliphatic hydroxyl groups excluding tert-OH is 2. The van der Waals surface area contributed by atoms with Crippen molar-refractivity contribution in [2.45, 2.75) is 56.7 Å². The third kappa shape index (κ3) is 3.41. The highest BCUT2D eigenvalue weighted by molar-refractivity contribution is 6.06. The lowest BCUT2D eigenvalue weighted by Gasteiger charge is -2.35. The lowest BCUT2D eigenvalue weighted by atomic mass is 9.78. The lowest BCUT2D eigenvalue weighted by Crippen LogP contribution is -2.43. The highest BCUT2D eigenvalue weighted by Crippen LogP contribution is 2.56. The van der Waals surface area contributed by atoms with E-state index in [0.717, 1.165) is 57.3 Å². The van der Waals surface area contributed by atoms with Gasteiger partial charge in [0, 0.05) is 36.2 Å². The van der Waals surface area contributed by atoms with Crippen LogP contribution < -0.4 is 0 Å². The van der Waals surface area contributed by atoms with Gasteiger partial charge < -0.3 is 15.1 Å². The van der Waals surface area contributed by atoms with Crippen LogP contribution in [0, 0.1) is 35.5 Å². The van der Waals surface area contributed by atoms with Gasteiger partial charge in [-0.25, -0.2) is 0 Å². The van der Waals surface area contributed by atoms with E-state index in [1.807, 2.05) is 6.07 Å². The van der Waals surface area contributed by atoms with Crippen molar-refractivity contribution in [2.75, 3.05) is 26.2 Å². The van der Waals surface area contributed by atoms with E-state index in [0.29, 0.717) is 30.7 Å². The number of benzene rings is 1. The number of nitrogens with zero attached hydrogens (tertiary/aromatic N) is 3. The van der Waals surface area contributed by atoms with E-state index >= 15 is 0 Å². The van der Waals surface area contributed by atoms with Gasteiger partial charge in [-0.2, -0.15) is 5.10 Å². The number of hydrogen-bond acceptors (Lipinski definition) is 6. The molecule has 3 saturated carbocycles. The molecular weight excluding hydrogens is 456 g/mol. The Kier molecular flexibility index (Phi) is 5.49. The summed E-state index contributed by atoms with van der Waals surface area (Å²) in [5.74, 6) is -0.221. The molecule has 192 valence electrons. The lowest BCUT2D eigenvalue weighted by molar-refractivity contribution is -0.142. The van der Waals surface area contributed by atoms with Gasteiger partial charge in [-0.1, -0.05) is 24.6 Å². The van der Waals surface area contributed by atoms with Gasteiger partial charge in [-0.3, -0.25) is 19.6 Å². The average Bonchev–Trinajstić information content (AvgIpc) is 3.69. The molecule has 1 aromatic carbocycles. The Morgan fingerprint density at radius 1 is 0.889 bits per heavy atom. The molecule has 5 fully saturated rings. The first-order valence-corrected chi connectivity index (χ1v) is 13.9. The Labute approximate surface area is 211 Å². The molecule has 2 saturated heterocycles. The summed E-state index contributed by atoms with van der Waals surface area (Å²) in [5.41, 5.74) is 2.31. The first kappa shape index (κ1) is 22.9. The summed E-state index contributed by atoms with van der Waals surface area (Å²) >= 11 is 0. The van der Waals surface area contributed by atoms with E-state index in [1.165, 1.54) is 16.0 Å². The fourth-order valence-corrected chi connectivity index (χ4v) is 8.52. The van der Waals surface area contributed by atoms with Crippen molar-refractivity contribution < 1.29 is 19.8 Å². The predicted molar refractivity (Wildman–Crippen MR) is 133 cm³/mol. The topological polar surface area (TPSA) is 110 Å². The summed E-state index contributed by atoms with van der Waals surface area (Å²) in [6, 6.07) is 8.36. The number of nitrogens with one attached hydrogen (secondary N) is 1. The van der Waals surface area contributed by atoms with Gasteiger partial charge in [0.05, 0.1) is 35.3 Å². The van der Waals surface area contributed by atoms with Crippen molar-refractivity contribution in [1.82, 2.24) is 20.0 Å². The minimum atomic E-state index is -0.866. The molecule has 3 heterocycles. The molecule has 1 aromatic heterocycles. The van der Waals surface area contributed by atoms with Crippen LogP contribution in [0.2, 0.25) is 0 Å². The summed E-state index contributed by atoms with van der Waals surface area (Å²) in [7, 11) is 0. The van der Waals surface area contributed by atoms with E-state index in [4.69, 9.17) is 0 Å². The summed E-state index contributed by atoms with van der Waals surface area (Å²) in [4.78, 5) is 30.6. The van der Waals surface area contributed by atoms with E-state index in [-0.39, 0.29) is 23.7 Å². The maximum absolute atomic E-state index is 13.3. The number of aromatic amines is 1. The smallest absolute Gasteiger partial charge is 0.233 e. The van der Waals surface area contributed by atoms with Crippen molar-refractivity contribution in [2.24, 2.45) is 35.5 Å². The molecule has 2 aliphatic heterocycles. The van der Waals surface area contributed by atoms with Crippen molar-refractivity contribution in [3.8, 4) is 0 Å². The number of carbonyl (C=O) groups is 2. The maximum atomic E-state index is 13.3. The SMILES string of the molecule is O=C1C2C3CC(C(O)C3O)C2C(=O)N1C[C@H]1CCC[C@@H]1CN1CCC(c2n[nH]c3ccccc23)CC1. The molecule has 8 nitrogen and oxygen atoms in total. The monoisotopic (exact) mass is 492 g/mol. The predicted octanol–water partition coefficient (Wildman–Crippen LogP) is 2.13.